The number of carbonyl (C=O) groups is 1. The molecule has 0 aliphatic rings. The second-order valence-corrected chi connectivity index (χ2v) is 10.2. The molecule has 0 bridgehead atoms. The Kier molecular flexibility index (Phi) is 8.85. The number of hydrogen-bond donors (Lipinski definition) is 0. The summed E-state index contributed by atoms with van der Waals surface area (Å²) in [4.78, 5) is 25.1. The predicted molar refractivity (Wildman–Crippen MR) is 143 cm³/mol. The highest BCUT2D eigenvalue weighted by molar-refractivity contribution is 7.99. The average molecular weight is 605 g/mol. The Hall–Kier alpha value is -4.14. The summed E-state index contributed by atoms with van der Waals surface area (Å²) >= 11 is 7.13. The van der Waals surface area contributed by atoms with Gasteiger partial charge in [0.15, 0.2) is 0 Å². The standard InChI is InChI=1S/C29H18ClF5N2O3S/c1-40-27(38)11-18-6-5-17(10-24(18)30)16-3-2-4-21(9-16)41-26-13-23(29(33,34)35)22(14-36)28(39)37(26)15-19-7-8-20(31)12-25(19)32/h2-10,12-13H,11,15H2,1H3. The summed E-state index contributed by atoms with van der Waals surface area (Å²) in [6, 6.07) is 16.2. The Labute approximate surface area is 239 Å². The van der Waals surface area contributed by atoms with E-state index in [1.807, 2.05) is 0 Å². The summed E-state index contributed by atoms with van der Waals surface area (Å²) in [6.45, 7) is -0.545. The molecule has 4 rings (SSSR count). The van der Waals surface area contributed by atoms with E-state index in [4.69, 9.17) is 11.6 Å². The summed E-state index contributed by atoms with van der Waals surface area (Å²) in [5.74, 6) is -2.33. The number of alkyl halides is 3. The highest BCUT2D eigenvalue weighted by Crippen LogP contribution is 2.37. The molecule has 0 N–H and O–H groups in total. The third-order valence-electron chi connectivity index (χ3n) is 6.03. The minimum atomic E-state index is -5.01. The highest BCUT2D eigenvalue weighted by Gasteiger charge is 2.36. The molecule has 210 valence electrons. The van der Waals surface area contributed by atoms with Crippen LogP contribution in [-0.2, 0) is 28.7 Å². The van der Waals surface area contributed by atoms with Crippen LogP contribution in [-0.4, -0.2) is 17.6 Å². The van der Waals surface area contributed by atoms with Crippen molar-refractivity contribution in [3.05, 3.63) is 116 Å². The Balaban J connectivity index is 1.78. The number of halogens is 6. The molecular weight excluding hydrogens is 587 g/mol. The number of nitriles is 1. The van der Waals surface area contributed by atoms with E-state index in [9.17, 15) is 36.8 Å². The maximum atomic E-state index is 14.4. The van der Waals surface area contributed by atoms with Crippen LogP contribution in [0.1, 0.15) is 22.3 Å². The summed E-state index contributed by atoms with van der Waals surface area (Å²) in [6.07, 6.45) is -5.04. The van der Waals surface area contributed by atoms with E-state index in [0.717, 1.165) is 28.5 Å². The fraction of sp³-hybridized carbons (Fsp3) is 0.138. The molecule has 0 unspecified atom stereocenters. The van der Waals surface area contributed by atoms with Crippen molar-refractivity contribution in [2.45, 2.75) is 29.1 Å². The number of carbonyl (C=O) groups excluding carboxylic acids is 1. The van der Waals surface area contributed by atoms with Crippen LogP contribution in [0.15, 0.2) is 81.4 Å². The maximum absolute atomic E-state index is 14.4. The normalized spacial score (nSPS) is 11.3. The summed E-state index contributed by atoms with van der Waals surface area (Å²) in [5.41, 5.74) is -2.17. The van der Waals surface area contributed by atoms with E-state index in [0.29, 0.717) is 38.7 Å². The Morgan fingerprint density at radius 1 is 1.02 bits per heavy atom. The summed E-state index contributed by atoms with van der Waals surface area (Å²) in [5, 5.41) is 9.46. The lowest BCUT2D eigenvalue weighted by atomic mass is 10.0. The van der Waals surface area contributed by atoms with Crippen molar-refractivity contribution in [2.24, 2.45) is 0 Å². The molecule has 1 aromatic heterocycles. The van der Waals surface area contributed by atoms with Crippen molar-refractivity contribution in [2.75, 3.05) is 7.11 Å². The molecule has 0 saturated heterocycles. The fourth-order valence-electron chi connectivity index (χ4n) is 3.97. The van der Waals surface area contributed by atoms with Gasteiger partial charge >= 0.3 is 12.1 Å². The first-order valence-corrected chi connectivity index (χ1v) is 12.9. The van der Waals surface area contributed by atoms with Crippen molar-refractivity contribution in [1.82, 2.24) is 4.57 Å². The monoisotopic (exact) mass is 604 g/mol. The summed E-state index contributed by atoms with van der Waals surface area (Å²) < 4.78 is 74.8. The molecule has 0 aliphatic carbocycles. The van der Waals surface area contributed by atoms with Crippen LogP contribution >= 0.6 is 23.4 Å². The number of rotatable bonds is 7. The van der Waals surface area contributed by atoms with Crippen LogP contribution in [0.5, 0.6) is 0 Å². The van der Waals surface area contributed by atoms with Crippen molar-refractivity contribution >= 4 is 29.3 Å². The van der Waals surface area contributed by atoms with E-state index < -0.39 is 47.0 Å². The molecule has 0 saturated carbocycles. The largest absolute Gasteiger partial charge is 0.469 e. The second kappa shape index (κ2) is 12.2. The number of aromatic nitrogens is 1. The first-order valence-electron chi connectivity index (χ1n) is 11.7. The molecule has 3 aromatic carbocycles. The van der Waals surface area contributed by atoms with Crippen molar-refractivity contribution in [3.63, 3.8) is 0 Å². The SMILES string of the molecule is COC(=O)Cc1ccc(-c2cccc(Sc3cc(C(F)(F)F)c(C#N)c(=O)n3Cc3ccc(F)cc3F)c2)cc1Cl. The molecular formula is C29H18ClF5N2O3S. The zero-order valence-corrected chi connectivity index (χ0v) is 22.6. The molecule has 0 fully saturated rings. The second-order valence-electron chi connectivity index (χ2n) is 8.70. The van der Waals surface area contributed by atoms with Gasteiger partial charge < -0.3 is 4.74 Å². The number of nitrogens with zero attached hydrogens (tertiary/aromatic N) is 2. The Morgan fingerprint density at radius 3 is 2.37 bits per heavy atom. The minimum Gasteiger partial charge on any atom is -0.469 e. The van der Waals surface area contributed by atoms with Gasteiger partial charge in [-0.25, -0.2) is 8.78 Å². The van der Waals surface area contributed by atoms with Crippen LogP contribution in [0.2, 0.25) is 5.02 Å². The average Bonchev–Trinajstić information content (AvgIpc) is 2.92. The number of ether oxygens (including phenoxy) is 1. The Bertz CT molecular complexity index is 1750. The van der Waals surface area contributed by atoms with Crippen LogP contribution < -0.4 is 5.56 Å². The van der Waals surface area contributed by atoms with Crippen LogP contribution in [0.4, 0.5) is 22.0 Å². The molecule has 0 atom stereocenters. The molecule has 41 heavy (non-hydrogen) atoms. The molecule has 0 aliphatic heterocycles. The van der Waals surface area contributed by atoms with Crippen LogP contribution in [0.3, 0.4) is 0 Å². The van der Waals surface area contributed by atoms with E-state index >= 15 is 0 Å². The van der Waals surface area contributed by atoms with Gasteiger partial charge in [0.25, 0.3) is 5.56 Å². The van der Waals surface area contributed by atoms with E-state index in [2.05, 4.69) is 4.74 Å². The zero-order chi connectivity index (χ0) is 29.9. The van der Waals surface area contributed by atoms with E-state index in [1.54, 1.807) is 42.5 Å². The van der Waals surface area contributed by atoms with Gasteiger partial charge in [0.2, 0.25) is 0 Å². The Morgan fingerprint density at radius 2 is 1.73 bits per heavy atom. The third kappa shape index (κ3) is 6.78. The summed E-state index contributed by atoms with van der Waals surface area (Å²) in [7, 11) is 1.26. The highest BCUT2D eigenvalue weighted by atomic mass is 35.5. The van der Waals surface area contributed by atoms with Crippen LogP contribution in [0.25, 0.3) is 11.1 Å². The van der Waals surface area contributed by atoms with Gasteiger partial charge in [-0.05, 0) is 47.0 Å². The first-order chi connectivity index (χ1) is 19.4. The molecule has 0 radical (unpaired) electrons. The number of benzene rings is 3. The number of methoxy groups -OCH3 is 1. The van der Waals surface area contributed by atoms with Crippen molar-refractivity contribution < 1.29 is 31.5 Å². The molecule has 0 amide bonds. The lowest BCUT2D eigenvalue weighted by Gasteiger charge is -2.17. The molecule has 4 aromatic rings. The van der Waals surface area contributed by atoms with E-state index in [1.165, 1.54) is 13.2 Å². The topological polar surface area (TPSA) is 72.1 Å². The zero-order valence-electron chi connectivity index (χ0n) is 21.1. The first kappa shape index (κ1) is 29.8. The van der Waals surface area contributed by atoms with Gasteiger partial charge in [0.05, 0.1) is 30.7 Å². The van der Waals surface area contributed by atoms with Crippen molar-refractivity contribution in [1.29, 1.82) is 5.26 Å². The quantitative estimate of drug-likeness (QED) is 0.164. The minimum absolute atomic E-state index is 0.0298. The smallest absolute Gasteiger partial charge is 0.417 e. The van der Waals surface area contributed by atoms with Gasteiger partial charge in [-0.3, -0.25) is 14.2 Å². The number of esters is 1. The van der Waals surface area contributed by atoms with Crippen molar-refractivity contribution in [3.8, 4) is 17.2 Å². The van der Waals surface area contributed by atoms with Gasteiger partial charge in [-0.15, -0.1) is 0 Å². The van der Waals surface area contributed by atoms with Gasteiger partial charge in [0, 0.05) is 21.5 Å². The predicted octanol–water partition coefficient (Wildman–Crippen LogP) is 7.25. The molecule has 0 spiro atoms. The number of pyridine rings is 1. The van der Waals surface area contributed by atoms with Gasteiger partial charge in [0.1, 0.15) is 23.3 Å². The molecule has 1 heterocycles. The van der Waals surface area contributed by atoms with Crippen LogP contribution in [0, 0.1) is 23.0 Å². The molecule has 5 nitrogen and oxygen atoms in total. The van der Waals surface area contributed by atoms with Gasteiger partial charge in [-0.2, -0.15) is 18.4 Å². The third-order valence-corrected chi connectivity index (χ3v) is 7.42. The molecule has 12 heteroatoms. The maximum Gasteiger partial charge on any atom is 0.417 e. The lowest BCUT2D eigenvalue weighted by molar-refractivity contribution is -0.140. The van der Waals surface area contributed by atoms with Gasteiger partial charge in [-0.1, -0.05) is 53.7 Å². The fourth-order valence-corrected chi connectivity index (χ4v) is 5.22. The lowest BCUT2D eigenvalue weighted by Crippen LogP contribution is -2.28. The van der Waals surface area contributed by atoms with E-state index in [-0.39, 0.29) is 17.0 Å². The number of hydrogen-bond acceptors (Lipinski definition) is 5.